The number of sulfonamides is 1. The molecule has 3 aromatic rings. The van der Waals surface area contributed by atoms with E-state index in [1.165, 1.54) is 15.6 Å². The molecule has 35 heavy (non-hydrogen) atoms. The van der Waals surface area contributed by atoms with Crippen molar-refractivity contribution < 1.29 is 17.9 Å². The van der Waals surface area contributed by atoms with Crippen LogP contribution in [0.4, 0.5) is 5.69 Å². The van der Waals surface area contributed by atoms with E-state index in [9.17, 15) is 13.2 Å². The highest BCUT2D eigenvalue weighted by atomic mass is 32.2. The van der Waals surface area contributed by atoms with E-state index in [-0.39, 0.29) is 18.4 Å². The number of hydrogen-bond donors (Lipinski definition) is 0. The van der Waals surface area contributed by atoms with Crippen LogP contribution in [0.1, 0.15) is 11.5 Å². The van der Waals surface area contributed by atoms with Crippen molar-refractivity contribution in [2.24, 2.45) is 5.92 Å². The van der Waals surface area contributed by atoms with E-state index in [2.05, 4.69) is 4.90 Å². The number of para-hydroxylation sites is 2. The molecule has 2 aliphatic rings. The Balaban J connectivity index is 1.34. The van der Waals surface area contributed by atoms with Crippen molar-refractivity contribution in [3.8, 4) is 5.75 Å². The third kappa shape index (κ3) is 4.68. The number of carbonyl (C=O) groups is 1. The molecule has 9 heteroatoms. The van der Waals surface area contributed by atoms with Crippen molar-refractivity contribution in [2.45, 2.75) is 10.1 Å². The summed E-state index contributed by atoms with van der Waals surface area (Å²) in [4.78, 5) is 17.9. The second-order valence-electron chi connectivity index (χ2n) is 8.86. The largest absolute Gasteiger partial charge is 0.495 e. The first kappa shape index (κ1) is 23.8. The van der Waals surface area contributed by atoms with Crippen LogP contribution in [0.3, 0.4) is 0 Å². The van der Waals surface area contributed by atoms with Gasteiger partial charge in [0, 0.05) is 45.2 Å². The predicted octanol–water partition coefficient (Wildman–Crippen LogP) is 3.51. The minimum atomic E-state index is -3.63. The highest BCUT2D eigenvalue weighted by Crippen LogP contribution is 2.38. The fourth-order valence-electron chi connectivity index (χ4n) is 5.08. The lowest BCUT2D eigenvalue weighted by molar-refractivity contribution is -0.135. The van der Waals surface area contributed by atoms with Gasteiger partial charge in [0.15, 0.2) is 0 Å². The molecular formula is C26H29N3O4S2. The lowest BCUT2D eigenvalue weighted by Gasteiger charge is -2.38. The van der Waals surface area contributed by atoms with Crippen LogP contribution in [0.2, 0.25) is 0 Å². The lowest BCUT2D eigenvalue weighted by Crippen LogP contribution is -2.51. The molecule has 1 amide bonds. The molecule has 0 N–H and O–H groups in total. The van der Waals surface area contributed by atoms with Gasteiger partial charge in [0.1, 0.15) is 9.96 Å². The predicted molar refractivity (Wildman–Crippen MR) is 138 cm³/mol. The number of hydrogen-bond acceptors (Lipinski definition) is 6. The van der Waals surface area contributed by atoms with Gasteiger partial charge in [0.25, 0.3) is 10.0 Å². The van der Waals surface area contributed by atoms with E-state index in [0.717, 1.165) is 17.0 Å². The van der Waals surface area contributed by atoms with E-state index < -0.39 is 15.9 Å². The van der Waals surface area contributed by atoms with Crippen LogP contribution in [-0.4, -0.2) is 69.9 Å². The van der Waals surface area contributed by atoms with Crippen LogP contribution >= 0.6 is 11.3 Å². The zero-order valence-electron chi connectivity index (χ0n) is 19.6. The Morgan fingerprint density at radius 3 is 2.31 bits per heavy atom. The molecule has 3 heterocycles. The Morgan fingerprint density at radius 2 is 1.63 bits per heavy atom. The molecule has 0 unspecified atom stereocenters. The number of carbonyl (C=O) groups excluding carboxylic acids is 1. The summed E-state index contributed by atoms with van der Waals surface area (Å²) in [6.45, 7) is 3.09. The van der Waals surface area contributed by atoms with Crippen molar-refractivity contribution in [2.75, 3.05) is 51.3 Å². The maximum absolute atomic E-state index is 13.8. The zero-order valence-corrected chi connectivity index (χ0v) is 21.2. The zero-order chi connectivity index (χ0) is 24.4. The van der Waals surface area contributed by atoms with Gasteiger partial charge in [0.05, 0.1) is 18.7 Å². The molecule has 7 nitrogen and oxygen atoms in total. The summed E-state index contributed by atoms with van der Waals surface area (Å²) in [6, 6.07) is 21.1. The number of amides is 1. The maximum atomic E-state index is 13.8. The van der Waals surface area contributed by atoms with E-state index in [1.807, 2.05) is 59.5 Å². The molecular weight excluding hydrogens is 482 g/mol. The van der Waals surface area contributed by atoms with Gasteiger partial charge in [-0.25, -0.2) is 8.42 Å². The van der Waals surface area contributed by atoms with E-state index in [4.69, 9.17) is 4.74 Å². The molecule has 0 saturated carbocycles. The number of rotatable bonds is 6. The van der Waals surface area contributed by atoms with Crippen LogP contribution in [0.15, 0.2) is 76.3 Å². The van der Waals surface area contributed by atoms with Gasteiger partial charge in [-0.1, -0.05) is 48.5 Å². The van der Waals surface area contributed by atoms with Gasteiger partial charge in [-0.3, -0.25) is 4.79 Å². The molecule has 1 aromatic heterocycles. The summed E-state index contributed by atoms with van der Waals surface area (Å²) in [6.07, 6.45) is 0. The summed E-state index contributed by atoms with van der Waals surface area (Å²) in [5.41, 5.74) is 2.03. The smallest absolute Gasteiger partial charge is 0.252 e. The van der Waals surface area contributed by atoms with Gasteiger partial charge < -0.3 is 14.5 Å². The van der Waals surface area contributed by atoms with Crippen molar-refractivity contribution in [3.63, 3.8) is 0 Å². The second kappa shape index (κ2) is 10.0. The number of anilines is 1. The average molecular weight is 512 g/mol. The lowest BCUT2D eigenvalue weighted by atomic mass is 9.88. The molecule has 0 bridgehead atoms. The van der Waals surface area contributed by atoms with Crippen molar-refractivity contribution in [3.05, 3.63) is 77.7 Å². The Morgan fingerprint density at radius 1 is 0.914 bits per heavy atom. The SMILES string of the molecule is COc1ccccc1N1CCN(C(=O)[C@@H]2CN(S(=O)(=O)c3cccs3)C[C@H]2c2ccccc2)CC1. The molecule has 184 valence electrons. The fraction of sp³-hybridized carbons (Fsp3) is 0.346. The summed E-state index contributed by atoms with van der Waals surface area (Å²) >= 11 is 1.21. The summed E-state index contributed by atoms with van der Waals surface area (Å²) in [7, 11) is -1.96. The maximum Gasteiger partial charge on any atom is 0.252 e. The van der Waals surface area contributed by atoms with Gasteiger partial charge >= 0.3 is 0 Å². The highest BCUT2D eigenvalue weighted by Gasteiger charge is 2.45. The van der Waals surface area contributed by atoms with Crippen LogP contribution in [0.25, 0.3) is 0 Å². The second-order valence-corrected chi connectivity index (χ2v) is 12.0. The molecule has 0 radical (unpaired) electrons. The van der Waals surface area contributed by atoms with E-state index in [0.29, 0.717) is 36.9 Å². The summed E-state index contributed by atoms with van der Waals surface area (Å²) in [5.74, 6) is 0.264. The van der Waals surface area contributed by atoms with Crippen LogP contribution < -0.4 is 9.64 Å². The van der Waals surface area contributed by atoms with E-state index in [1.54, 1.807) is 24.6 Å². The van der Waals surface area contributed by atoms with Gasteiger partial charge in [0.2, 0.25) is 5.91 Å². The normalized spacial score (nSPS) is 21.3. The number of thiophene rings is 1. The first-order valence-electron chi connectivity index (χ1n) is 11.7. The Hall–Kier alpha value is -2.88. The fourth-order valence-corrected chi connectivity index (χ4v) is 7.72. The van der Waals surface area contributed by atoms with Crippen LogP contribution in [0, 0.1) is 5.92 Å². The minimum Gasteiger partial charge on any atom is -0.495 e. The number of piperazine rings is 1. The number of nitrogens with zero attached hydrogens (tertiary/aromatic N) is 3. The third-order valence-corrected chi connectivity index (χ3v) is 10.1. The van der Waals surface area contributed by atoms with Gasteiger partial charge in [-0.05, 0) is 29.1 Å². The number of methoxy groups -OCH3 is 1. The van der Waals surface area contributed by atoms with Crippen LogP contribution in [0.5, 0.6) is 5.75 Å². The van der Waals surface area contributed by atoms with Crippen LogP contribution in [-0.2, 0) is 14.8 Å². The van der Waals surface area contributed by atoms with Crippen molar-refractivity contribution in [1.29, 1.82) is 0 Å². The van der Waals surface area contributed by atoms with E-state index >= 15 is 0 Å². The molecule has 0 aliphatic carbocycles. The first-order valence-corrected chi connectivity index (χ1v) is 14.1. The molecule has 2 atom stereocenters. The van der Waals surface area contributed by atoms with Crippen molar-refractivity contribution >= 4 is 33.0 Å². The number of benzene rings is 2. The van der Waals surface area contributed by atoms with Gasteiger partial charge in [-0.2, -0.15) is 4.31 Å². The molecule has 2 aliphatic heterocycles. The van der Waals surface area contributed by atoms with Crippen molar-refractivity contribution in [1.82, 2.24) is 9.21 Å². The highest BCUT2D eigenvalue weighted by molar-refractivity contribution is 7.91. The summed E-state index contributed by atoms with van der Waals surface area (Å²) in [5, 5.41) is 1.77. The quantitative estimate of drug-likeness (QED) is 0.507. The first-order chi connectivity index (χ1) is 17.0. The average Bonchev–Trinajstić information content (AvgIpc) is 3.61. The summed E-state index contributed by atoms with van der Waals surface area (Å²) < 4.78 is 33.9. The third-order valence-electron chi connectivity index (χ3n) is 6.94. The molecule has 5 rings (SSSR count). The molecule has 0 spiro atoms. The monoisotopic (exact) mass is 511 g/mol. The molecule has 2 fully saturated rings. The van der Waals surface area contributed by atoms with Gasteiger partial charge in [-0.15, -0.1) is 11.3 Å². The molecule has 2 aromatic carbocycles. The number of ether oxygens (including phenoxy) is 1. The standard InChI is InChI=1S/C26H29N3O4S2/c1-33-24-11-6-5-10-23(24)27-13-15-28(16-14-27)26(30)22-19-29(35(31,32)25-12-7-17-34-25)18-21(22)20-8-3-2-4-9-20/h2-12,17,21-22H,13-16,18-19H2,1H3/t21-,22+/m0/s1. The minimum absolute atomic E-state index is 0.0300. The Bertz CT molecular complexity index is 1260. The molecule has 2 saturated heterocycles. The Kier molecular flexibility index (Phi) is 6.82. The topological polar surface area (TPSA) is 70.2 Å². The Labute approximate surface area is 210 Å².